The minimum atomic E-state index is -0.838. The number of aryl methyl sites for hydroxylation is 1. The predicted molar refractivity (Wildman–Crippen MR) is 63.0 cm³/mol. The Bertz CT molecular complexity index is 445. The first-order valence-corrected chi connectivity index (χ1v) is 5.63. The van der Waals surface area contributed by atoms with E-state index in [0.29, 0.717) is 0 Å². The van der Waals surface area contributed by atoms with E-state index in [2.05, 4.69) is 4.74 Å². The maximum Gasteiger partial charge on any atom is 0.306 e. The highest BCUT2D eigenvalue weighted by molar-refractivity contribution is 5.97. The van der Waals surface area contributed by atoms with Crippen molar-refractivity contribution in [3.63, 3.8) is 0 Å². The molecule has 98 valence electrons. The largest absolute Gasteiger partial charge is 0.505 e. The third-order valence-corrected chi connectivity index (χ3v) is 2.44. The molecule has 1 aromatic rings. The molecular weight excluding hydrogens is 239 g/mol. The van der Waals surface area contributed by atoms with E-state index < -0.39 is 17.5 Å². The number of carbonyl (C=O) groups excluding carboxylic acids is 2. The third-order valence-electron chi connectivity index (χ3n) is 2.44. The lowest BCUT2D eigenvalue weighted by molar-refractivity contribution is -0.143. The molecule has 1 aromatic carbocycles. The van der Waals surface area contributed by atoms with E-state index in [9.17, 15) is 19.1 Å². The molecule has 0 bridgehead atoms. The fraction of sp³-hybridized carbons (Fsp3) is 0.385. The van der Waals surface area contributed by atoms with Gasteiger partial charge in [-0.25, -0.2) is 4.39 Å². The zero-order chi connectivity index (χ0) is 13.7. The van der Waals surface area contributed by atoms with Gasteiger partial charge in [-0.05, 0) is 31.5 Å². The molecule has 0 aliphatic rings. The molecule has 0 amide bonds. The first-order chi connectivity index (χ1) is 8.45. The van der Waals surface area contributed by atoms with Gasteiger partial charge < -0.3 is 9.84 Å². The Morgan fingerprint density at radius 2 is 2.00 bits per heavy atom. The van der Waals surface area contributed by atoms with Crippen LogP contribution in [-0.2, 0) is 9.53 Å². The number of rotatable bonds is 5. The van der Waals surface area contributed by atoms with Crippen molar-refractivity contribution in [2.45, 2.75) is 26.7 Å². The molecule has 0 saturated heterocycles. The Labute approximate surface area is 104 Å². The maximum absolute atomic E-state index is 13.2. The van der Waals surface area contributed by atoms with Gasteiger partial charge in [0, 0.05) is 12.0 Å². The van der Waals surface area contributed by atoms with Gasteiger partial charge in [0.25, 0.3) is 0 Å². The number of ketones is 1. The average molecular weight is 254 g/mol. The standard InChI is InChI=1S/C13H15FO4/c1-3-18-12(16)5-4-11(15)9-6-8(2)13(17)10(14)7-9/h6-7,17H,3-5H2,1-2H3. The number of esters is 1. The number of ether oxygens (including phenoxy) is 1. The van der Waals surface area contributed by atoms with Gasteiger partial charge in [0.2, 0.25) is 0 Å². The molecule has 5 heteroatoms. The van der Waals surface area contributed by atoms with Crippen molar-refractivity contribution >= 4 is 11.8 Å². The lowest BCUT2D eigenvalue weighted by Gasteiger charge is -2.05. The zero-order valence-electron chi connectivity index (χ0n) is 10.3. The van der Waals surface area contributed by atoms with Crippen molar-refractivity contribution in [2.24, 2.45) is 0 Å². The average Bonchev–Trinajstić information content (AvgIpc) is 2.32. The van der Waals surface area contributed by atoms with Crippen molar-refractivity contribution < 1.29 is 23.8 Å². The fourth-order valence-electron chi connectivity index (χ4n) is 1.49. The summed E-state index contributed by atoms with van der Waals surface area (Å²) >= 11 is 0. The van der Waals surface area contributed by atoms with E-state index in [4.69, 9.17) is 0 Å². The number of carbonyl (C=O) groups is 2. The van der Waals surface area contributed by atoms with Crippen LogP contribution in [-0.4, -0.2) is 23.5 Å². The highest BCUT2D eigenvalue weighted by atomic mass is 19.1. The van der Waals surface area contributed by atoms with Gasteiger partial charge in [-0.3, -0.25) is 9.59 Å². The summed E-state index contributed by atoms with van der Waals surface area (Å²) in [6.45, 7) is 3.44. The predicted octanol–water partition coefficient (Wildman–Crippen LogP) is 2.37. The number of benzene rings is 1. The van der Waals surface area contributed by atoms with E-state index >= 15 is 0 Å². The molecule has 18 heavy (non-hydrogen) atoms. The number of hydrogen-bond donors (Lipinski definition) is 1. The second-order valence-electron chi connectivity index (χ2n) is 3.85. The lowest BCUT2D eigenvalue weighted by atomic mass is 10.0. The van der Waals surface area contributed by atoms with E-state index in [1.165, 1.54) is 13.0 Å². The van der Waals surface area contributed by atoms with E-state index in [0.717, 1.165) is 6.07 Å². The maximum atomic E-state index is 13.2. The molecule has 0 fully saturated rings. The van der Waals surface area contributed by atoms with Gasteiger partial charge in [-0.1, -0.05) is 0 Å². The molecule has 1 rings (SSSR count). The summed E-state index contributed by atoms with van der Waals surface area (Å²) in [5, 5.41) is 9.24. The molecule has 0 radical (unpaired) electrons. The molecule has 0 heterocycles. The summed E-state index contributed by atoms with van der Waals surface area (Å²) < 4.78 is 17.9. The molecule has 0 aromatic heterocycles. The minimum Gasteiger partial charge on any atom is -0.505 e. The van der Waals surface area contributed by atoms with Crippen molar-refractivity contribution in [3.8, 4) is 5.75 Å². The number of phenols is 1. The van der Waals surface area contributed by atoms with Gasteiger partial charge >= 0.3 is 5.97 Å². The first-order valence-electron chi connectivity index (χ1n) is 5.63. The number of hydrogen-bond acceptors (Lipinski definition) is 4. The first kappa shape index (κ1) is 14.2. The molecule has 0 spiro atoms. The van der Waals surface area contributed by atoms with Crippen LogP contribution in [0.5, 0.6) is 5.75 Å². The van der Waals surface area contributed by atoms with Crippen LogP contribution in [0.4, 0.5) is 4.39 Å². The van der Waals surface area contributed by atoms with E-state index in [1.54, 1.807) is 6.92 Å². The van der Waals surface area contributed by atoms with Crippen LogP contribution in [0.3, 0.4) is 0 Å². The second-order valence-corrected chi connectivity index (χ2v) is 3.85. The second kappa shape index (κ2) is 6.14. The number of Topliss-reactive ketones (excluding diaryl/α,β-unsaturated/α-hetero) is 1. The molecular formula is C13H15FO4. The Balaban J connectivity index is 2.70. The normalized spacial score (nSPS) is 10.2. The third kappa shape index (κ3) is 3.55. The quantitative estimate of drug-likeness (QED) is 0.647. The molecule has 0 aliphatic carbocycles. The van der Waals surface area contributed by atoms with Gasteiger partial charge in [0.05, 0.1) is 13.0 Å². The highest BCUT2D eigenvalue weighted by Crippen LogP contribution is 2.23. The topological polar surface area (TPSA) is 63.6 Å². The Hall–Kier alpha value is -1.91. The summed E-state index contributed by atoms with van der Waals surface area (Å²) in [4.78, 5) is 22.8. The summed E-state index contributed by atoms with van der Waals surface area (Å²) in [6.07, 6.45) is -0.0727. The molecule has 0 saturated carbocycles. The Morgan fingerprint density at radius 3 is 2.56 bits per heavy atom. The van der Waals surface area contributed by atoms with Crippen LogP contribution in [0.1, 0.15) is 35.7 Å². The summed E-state index contributed by atoms with van der Waals surface area (Å²) in [6, 6.07) is 2.36. The smallest absolute Gasteiger partial charge is 0.306 e. The van der Waals surface area contributed by atoms with Crippen molar-refractivity contribution in [1.29, 1.82) is 0 Å². The van der Waals surface area contributed by atoms with Gasteiger partial charge in [0.15, 0.2) is 17.3 Å². The molecule has 0 unspecified atom stereocenters. The minimum absolute atomic E-state index is 0.0335. The van der Waals surface area contributed by atoms with Crippen LogP contribution >= 0.6 is 0 Å². The molecule has 0 atom stereocenters. The zero-order valence-corrected chi connectivity index (χ0v) is 10.3. The number of aromatic hydroxyl groups is 1. The lowest BCUT2D eigenvalue weighted by Crippen LogP contribution is -2.08. The van der Waals surface area contributed by atoms with Gasteiger partial charge in [-0.2, -0.15) is 0 Å². The summed E-state index contributed by atoms with van der Waals surface area (Å²) in [5.41, 5.74) is 0.432. The number of halogens is 1. The molecule has 0 aliphatic heterocycles. The van der Waals surface area contributed by atoms with Crippen LogP contribution < -0.4 is 0 Å². The van der Waals surface area contributed by atoms with Crippen molar-refractivity contribution in [3.05, 3.63) is 29.1 Å². The molecule has 1 N–H and O–H groups in total. The Kier molecular flexibility index (Phi) is 4.83. The number of phenolic OH excluding ortho intramolecular Hbond substituents is 1. The van der Waals surface area contributed by atoms with E-state index in [-0.39, 0.29) is 36.4 Å². The fourth-order valence-corrected chi connectivity index (χ4v) is 1.49. The van der Waals surface area contributed by atoms with Crippen LogP contribution in [0, 0.1) is 12.7 Å². The van der Waals surface area contributed by atoms with Gasteiger partial charge in [0.1, 0.15) is 0 Å². The van der Waals surface area contributed by atoms with Crippen LogP contribution in [0.2, 0.25) is 0 Å². The van der Waals surface area contributed by atoms with Crippen molar-refractivity contribution in [1.82, 2.24) is 0 Å². The molecule has 4 nitrogen and oxygen atoms in total. The summed E-state index contributed by atoms with van der Waals surface area (Å²) in [5.74, 6) is -2.11. The van der Waals surface area contributed by atoms with Gasteiger partial charge in [-0.15, -0.1) is 0 Å². The monoisotopic (exact) mass is 254 g/mol. The summed E-state index contributed by atoms with van der Waals surface area (Å²) in [7, 11) is 0. The van der Waals surface area contributed by atoms with Crippen LogP contribution in [0.25, 0.3) is 0 Å². The Morgan fingerprint density at radius 1 is 1.33 bits per heavy atom. The SMILES string of the molecule is CCOC(=O)CCC(=O)c1cc(C)c(O)c(F)c1. The van der Waals surface area contributed by atoms with E-state index in [1.807, 2.05) is 0 Å². The van der Waals surface area contributed by atoms with Crippen molar-refractivity contribution in [2.75, 3.05) is 6.61 Å². The highest BCUT2D eigenvalue weighted by Gasteiger charge is 2.14. The van der Waals surface area contributed by atoms with Crippen LogP contribution in [0.15, 0.2) is 12.1 Å².